The molecule has 2 nitrogen and oxygen atoms in total. The highest BCUT2D eigenvalue weighted by molar-refractivity contribution is 8.05. The number of thiocarbonyl (C=S) groups is 1. The van der Waals surface area contributed by atoms with Gasteiger partial charge in [0.25, 0.3) is 0 Å². The summed E-state index contributed by atoms with van der Waals surface area (Å²) >= 11 is 6.46. The molecule has 66 valence electrons. The largest absolute Gasteiger partial charge is 0.483 e. The van der Waals surface area contributed by atoms with Crippen molar-refractivity contribution in [1.29, 1.82) is 5.26 Å². The van der Waals surface area contributed by atoms with Crippen LogP contribution in [0, 0.1) is 11.3 Å². The Morgan fingerprint density at radius 2 is 2.33 bits per heavy atom. The lowest BCUT2D eigenvalue weighted by molar-refractivity contribution is 0.338. The summed E-state index contributed by atoms with van der Waals surface area (Å²) in [5.74, 6) is 0.890. The molecule has 0 aromatic rings. The summed E-state index contributed by atoms with van der Waals surface area (Å²) in [5, 5.41) is 8.85. The predicted octanol–water partition coefficient (Wildman–Crippen LogP) is 2.51. The molecule has 0 aliphatic rings. The van der Waals surface area contributed by atoms with Crippen LogP contribution < -0.4 is 0 Å². The molecule has 0 radical (unpaired) electrons. The van der Waals surface area contributed by atoms with Crippen molar-refractivity contribution in [3.8, 4) is 6.07 Å². The Morgan fingerprint density at radius 1 is 1.67 bits per heavy atom. The average molecular weight is 201 g/mol. The van der Waals surface area contributed by atoms with Gasteiger partial charge >= 0.3 is 0 Å². The molecule has 0 bridgehead atoms. The third-order valence-electron chi connectivity index (χ3n) is 0.972. The third kappa shape index (κ3) is 4.37. The molecule has 0 aromatic carbocycles. The van der Waals surface area contributed by atoms with Gasteiger partial charge in [-0.15, -0.1) is 11.8 Å². The van der Waals surface area contributed by atoms with Crippen molar-refractivity contribution >= 4 is 29.0 Å². The van der Waals surface area contributed by atoms with Crippen LogP contribution in [0.25, 0.3) is 0 Å². The van der Waals surface area contributed by atoms with Gasteiger partial charge in [-0.25, -0.2) is 0 Å². The number of ether oxygens (including phenoxy) is 1. The van der Waals surface area contributed by atoms with Gasteiger partial charge in [0.2, 0.25) is 0 Å². The fraction of sp³-hybridized carbons (Fsp3) is 0.500. The molecule has 0 fully saturated rings. The maximum atomic E-state index is 8.43. The lowest BCUT2D eigenvalue weighted by Gasteiger charge is -2.05. The zero-order valence-electron chi connectivity index (χ0n) is 7.16. The maximum absolute atomic E-state index is 8.43. The van der Waals surface area contributed by atoms with Crippen molar-refractivity contribution in [1.82, 2.24) is 0 Å². The van der Waals surface area contributed by atoms with Crippen molar-refractivity contribution in [2.24, 2.45) is 0 Å². The number of rotatable bonds is 4. The monoisotopic (exact) mass is 201 g/mol. The molecule has 12 heavy (non-hydrogen) atoms. The minimum Gasteiger partial charge on any atom is -0.483 e. The topological polar surface area (TPSA) is 33.0 Å². The molecule has 0 aromatic heterocycles. The van der Waals surface area contributed by atoms with Gasteiger partial charge in [0.1, 0.15) is 0 Å². The minimum absolute atomic E-state index is 0.422. The average Bonchev–Trinajstić information content (AvgIpc) is 2.04. The summed E-state index contributed by atoms with van der Waals surface area (Å²) in [6, 6.07) is 1.94. The van der Waals surface area contributed by atoms with Crippen LogP contribution in [-0.4, -0.2) is 17.4 Å². The summed E-state index contributed by atoms with van der Waals surface area (Å²) in [4.78, 5) is 0.747. The Hall–Kier alpha value is -0.530. The van der Waals surface area contributed by atoms with Crippen LogP contribution in [-0.2, 0) is 4.74 Å². The van der Waals surface area contributed by atoms with E-state index in [2.05, 4.69) is 0 Å². The Kier molecular flexibility index (Phi) is 6.82. The van der Waals surface area contributed by atoms with E-state index in [1.807, 2.05) is 19.9 Å². The van der Waals surface area contributed by atoms with E-state index in [-0.39, 0.29) is 0 Å². The first-order valence-corrected chi connectivity index (χ1v) is 5.05. The molecular weight excluding hydrogens is 190 g/mol. The first-order chi connectivity index (χ1) is 5.76. The normalized spacial score (nSPS) is 10.6. The number of hydrogen-bond acceptors (Lipinski definition) is 4. The summed E-state index contributed by atoms with van der Waals surface area (Å²) in [5.41, 5.74) is 0. The van der Waals surface area contributed by atoms with Crippen molar-refractivity contribution in [3.05, 3.63) is 11.0 Å². The highest BCUT2D eigenvalue weighted by atomic mass is 32.2. The van der Waals surface area contributed by atoms with Gasteiger partial charge in [0, 0.05) is 6.08 Å². The summed E-state index contributed by atoms with van der Waals surface area (Å²) in [6.07, 6.45) is 1.42. The minimum atomic E-state index is 0.422. The van der Waals surface area contributed by atoms with Gasteiger partial charge in [-0.05, 0) is 24.9 Å². The molecule has 0 N–H and O–H groups in total. The van der Waals surface area contributed by atoms with E-state index in [1.54, 1.807) is 0 Å². The van der Waals surface area contributed by atoms with Gasteiger partial charge in [-0.1, -0.05) is 6.92 Å². The molecule has 0 spiro atoms. The second kappa shape index (κ2) is 7.14. The van der Waals surface area contributed by atoms with Gasteiger partial charge < -0.3 is 4.74 Å². The fourth-order valence-electron chi connectivity index (χ4n) is 0.576. The molecule has 0 saturated carbocycles. The SMILES string of the molecule is CCOC(=S)C(=CC#N)SCC. The Morgan fingerprint density at radius 3 is 2.75 bits per heavy atom. The summed E-state index contributed by atoms with van der Waals surface area (Å²) < 4.78 is 5.10. The van der Waals surface area contributed by atoms with Crippen LogP contribution in [0.2, 0.25) is 0 Å². The van der Waals surface area contributed by atoms with Crippen molar-refractivity contribution in [2.45, 2.75) is 13.8 Å². The number of thioether (sulfide) groups is 1. The zero-order valence-corrected chi connectivity index (χ0v) is 8.80. The molecule has 0 rings (SSSR count). The van der Waals surface area contributed by atoms with E-state index in [9.17, 15) is 0 Å². The van der Waals surface area contributed by atoms with Crippen molar-refractivity contribution in [3.63, 3.8) is 0 Å². The van der Waals surface area contributed by atoms with E-state index in [0.29, 0.717) is 11.7 Å². The quantitative estimate of drug-likeness (QED) is 0.397. The van der Waals surface area contributed by atoms with Gasteiger partial charge in [-0.3, -0.25) is 0 Å². The molecule has 0 saturated heterocycles. The first-order valence-electron chi connectivity index (χ1n) is 3.65. The lowest BCUT2D eigenvalue weighted by Crippen LogP contribution is -2.02. The Labute approximate surface area is 82.6 Å². The Bertz CT molecular complexity index is 218. The van der Waals surface area contributed by atoms with Gasteiger partial charge in [0.15, 0.2) is 5.05 Å². The second-order valence-electron chi connectivity index (χ2n) is 1.79. The first kappa shape index (κ1) is 11.5. The number of nitriles is 1. The second-order valence-corrected chi connectivity index (χ2v) is 3.47. The molecule has 0 aliphatic carbocycles. The van der Waals surface area contributed by atoms with Crippen LogP contribution in [0.3, 0.4) is 0 Å². The van der Waals surface area contributed by atoms with Crippen LogP contribution >= 0.6 is 24.0 Å². The third-order valence-corrected chi connectivity index (χ3v) is 2.34. The molecule has 0 atom stereocenters. The van der Waals surface area contributed by atoms with Crippen LogP contribution in [0.15, 0.2) is 11.0 Å². The van der Waals surface area contributed by atoms with E-state index in [0.717, 1.165) is 10.7 Å². The van der Waals surface area contributed by atoms with E-state index in [4.69, 9.17) is 22.2 Å². The highest BCUT2D eigenvalue weighted by Gasteiger charge is 2.04. The molecule has 4 heteroatoms. The highest BCUT2D eigenvalue weighted by Crippen LogP contribution is 2.17. The maximum Gasteiger partial charge on any atom is 0.198 e. The van der Waals surface area contributed by atoms with Crippen LogP contribution in [0.1, 0.15) is 13.8 Å². The molecule has 0 aliphatic heterocycles. The molecule has 0 unspecified atom stereocenters. The molecule has 0 heterocycles. The van der Waals surface area contributed by atoms with Crippen molar-refractivity contribution in [2.75, 3.05) is 12.4 Å². The number of allylic oxidation sites excluding steroid dienone is 1. The van der Waals surface area contributed by atoms with Gasteiger partial charge in [0.05, 0.1) is 17.6 Å². The lowest BCUT2D eigenvalue weighted by atomic mass is 10.5. The van der Waals surface area contributed by atoms with Crippen molar-refractivity contribution < 1.29 is 4.74 Å². The van der Waals surface area contributed by atoms with Crippen LogP contribution in [0.5, 0.6) is 0 Å². The van der Waals surface area contributed by atoms with E-state index < -0.39 is 0 Å². The number of hydrogen-bond donors (Lipinski definition) is 0. The van der Waals surface area contributed by atoms with E-state index >= 15 is 0 Å². The smallest absolute Gasteiger partial charge is 0.198 e. The van der Waals surface area contributed by atoms with E-state index in [1.165, 1.54) is 17.8 Å². The fourth-order valence-corrected chi connectivity index (χ4v) is 1.55. The predicted molar refractivity (Wildman–Crippen MR) is 56.1 cm³/mol. The summed E-state index contributed by atoms with van der Waals surface area (Å²) in [6.45, 7) is 4.42. The number of nitrogens with zero attached hydrogens (tertiary/aromatic N) is 1. The molecule has 0 amide bonds. The van der Waals surface area contributed by atoms with Crippen LogP contribution in [0.4, 0.5) is 0 Å². The summed E-state index contributed by atoms with van der Waals surface area (Å²) in [7, 11) is 0. The zero-order chi connectivity index (χ0) is 9.40. The standard InChI is InChI=1S/C8H11NOS2/c1-3-10-8(11)7(5-6-9)12-4-2/h5H,3-4H2,1-2H3. The Balaban J connectivity index is 4.22. The van der Waals surface area contributed by atoms with Gasteiger partial charge in [-0.2, -0.15) is 5.26 Å². The molecular formula is C8H11NOS2.